The van der Waals surface area contributed by atoms with Crippen molar-refractivity contribution in [3.8, 4) is 34.1 Å². The van der Waals surface area contributed by atoms with Crippen LogP contribution in [0.15, 0.2) is 30.3 Å². The summed E-state index contributed by atoms with van der Waals surface area (Å²) in [6.07, 6.45) is 0. The summed E-state index contributed by atoms with van der Waals surface area (Å²) in [4.78, 5) is 12.7. The van der Waals surface area contributed by atoms with Gasteiger partial charge < -0.3 is 29.0 Å². The monoisotopic (exact) mass is 393 g/mol. The fourth-order valence-electron chi connectivity index (χ4n) is 3.98. The molecule has 7 nitrogen and oxygen atoms in total. The van der Waals surface area contributed by atoms with Crippen LogP contribution in [-0.2, 0) is 11.3 Å². The minimum Gasteiger partial charge on any atom is -0.493 e. The highest BCUT2D eigenvalue weighted by molar-refractivity contribution is 6.13. The van der Waals surface area contributed by atoms with Gasteiger partial charge in [-0.25, -0.2) is 4.79 Å². The Balaban J connectivity index is 1.90. The molecule has 1 N–H and O–H groups in total. The molecule has 0 amide bonds. The topological polar surface area (TPSA) is 75.2 Å². The number of hydrogen-bond donors (Lipinski definition) is 1. The minimum atomic E-state index is -0.341. The summed E-state index contributed by atoms with van der Waals surface area (Å²) in [5.41, 5.74) is 3.80. The van der Waals surface area contributed by atoms with Crippen molar-refractivity contribution in [2.24, 2.45) is 0 Å². The van der Waals surface area contributed by atoms with E-state index >= 15 is 0 Å². The third-order valence-electron chi connectivity index (χ3n) is 5.34. The van der Waals surface area contributed by atoms with Crippen molar-refractivity contribution >= 4 is 22.4 Å². The molecule has 7 heteroatoms. The van der Waals surface area contributed by atoms with Gasteiger partial charge in [0, 0.05) is 35.5 Å². The molecule has 2 heterocycles. The van der Waals surface area contributed by atoms with E-state index in [1.807, 2.05) is 37.4 Å². The number of carbonyl (C=O) groups is 1. The van der Waals surface area contributed by atoms with Gasteiger partial charge in [0.15, 0.2) is 23.0 Å². The normalized spacial score (nSPS) is 14.0. The summed E-state index contributed by atoms with van der Waals surface area (Å²) in [5.74, 6) is 2.16. The van der Waals surface area contributed by atoms with Gasteiger partial charge in [0.1, 0.15) is 6.61 Å². The smallest absolute Gasteiger partial charge is 0.339 e. The van der Waals surface area contributed by atoms with Crippen LogP contribution in [0.3, 0.4) is 0 Å². The van der Waals surface area contributed by atoms with Gasteiger partial charge in [-0.1, -0.05) is 0 Å². The second kappa shape index (κ2) is 6.48. The zero-order valence-corrected chi connectivity index (χ0v) is 16.3. The molecule has 3 aromatic rings. The molecule has 3 aromatic carbocycles. The molecule has 0 saturated heterocycles. The van der Waals surface area contributed by atoms with Crippen LogP contribution in [-0.4, -0.2) is 34.0 Å². The van der Waals surface area contributed by atoms with Gasteiger partial charge in [-0.05, 0) is 35.0 Å². The third-order valence-corrected chi connectivity index (χ3v) is 5.34. The average Bonchev–Trinajstić information content (AvgIpc) is 3.36. The highest BCUT2D eigenvalue weighted by Crippen LogP contribution is 2.47. The number of rotatable bonds is 4. The van der Waals surface area contributed by atoms with Gasteiger partial charge in [-0.15, -0.1) is 0 Å². The zero-order valence-electron chi connectivity index (χ0n) is 16.3. The first-order valence-corrected chi connectivity index (χ1v) is 9.15. The average molecular weight is 393 g/mol. The van der Waals surface area contributed by atoms with Gasteiger partial charge in [0.25, 0.3) is 0 Å². The van der Waals surface area contributed by atoms with Crippen LogP contribution < -0.4 is 24.3 Å². The predicted octanol–water partition coefficient (Wildman–Crippen LogP) is 3.96. The molecule has 148 valence electrons. The van der Waals surface area contributed by atoms with Gasteiger partial charge in [-0.3, -0.25) is 0 Å². The summed E-state index contributed by atoms with van der Waals surface area (Å²) in [7, 11) is 5.01. The van der Waals surface area contributed by atoms with Crippen LogP contribution in [0, 0.1) is 0 Å². The Morgan fingerprint density at radius 2 is 1.62 bits per heavy atom. The summed E-state index contributed by atoms with van der Waals surface area (Å²) < 4.78 is 27.4. The second-order valence-electron chi connectivity index (χ2n) is 6.79. The molecular weight excluding hydrogens is 374 g/mol. The molecule has 2 aliphatic heterocycles. The van der Waals surface area contributed by atoms with E-state index in [1.165, 1.54) is 0 Å². The van der Waals surface area contributed by atoms with Gasteiger partial charge >= 0.3 is 5.97 Å². The Bertz CT molecular complexity index is 1170. The van der Waals surface area contributed by atoms with Crippen LogP contribution in [0.4, 0.5) is 5.69 Å². The number of hydrogen-bond acceptors (Lipinski definition) is 7. The second-order valence-corrected chi connectivity index (χ2v) is 6.79. The maximum absolute atomic E-state index is 12.7. The number of fused-ring (bicyclic) bond motifs is 3. The van der Waals surface area contributed by atoms with E-state index < -0.39 is 0 Å². The quantitative estimate of drug-likeness (QED) is 0.673. The van der Waals surface area contributed by atoms with Crippen molar-refractivity contribution in [1.82, 2.24) is 0 Å². The summed E-state index contributed by atoms with van der Waals surface area (Å²) in [5, 5.41) is 4.98. The van der Waals surface area contributed by atoms with E-state index in [-0.39, 0.29) is 19.4 Å². The molecule has 0 radical (unpaired) electrons. The molecule has 0 atom stereocenters. The van der Waals surface area contributed by atoms with Crippen molar-refractivity contribution in [1.29, 1.82) is 0 Å². The van der Waals surface area contributed by atoms with Gasteiger partial charge in [0.05, 0.1) is 19.8 Å². The SMILES string of the molecule is CNc1cc2c(cc1-c1c3c(cc4cc(OC)c(OC)cc14)COC3=O)OCO2. The molecule has 0 fully saturated rings. The van der Waals surface area contributed by atoms with E-state index in [0.29, 0.717) is 28.6 Å². The summed E-state index contributed by atoms with van der Waals surface area (Å²) >= 11 is 0. The van der Waals surface area contributed by atoms with Crippen LogP contribution in [0.2, 0.25) is 0 Å². The van der Waals surface area contributed by atoms with Crippen LogP contribution in [0.25, 0.3) is 21.9 Å². The molecule has 0 unspecified atom stereocenters. The lowest BCUT2D eigenvalue weighted by Crippen LogP contribution is -2.02. The van der Waals surface area contributed by atoms with E-state index in [2.05, 4.69) is 5.32 Å². The van der Waals surface area contributed by atoms with Crippen LogP contribution >= 0.6 is 0 Å². The van der Waals surface area contributed by atoms with Crippen molar-refractivity contribution in [2.75, 3.05) is 33.4 Å². The maximum Gasteiger partial charge on any atom is 0.339 e. The minimum absolute atomic E-state index is 0.169. The lowest BCUT2D eigenvalue weighted by atomic mass is 9.89. The fourth-order valence-corrected chi connectivity index (χ4v) is 3.98. The maximum atomic E-state index is 12.7. The number of esters is 1. The van der Waals surface area contributed by atoms with E-state index in [1.54, 1.807) is 14.2 Å². The lowest BCUT2D eigenvalue weighted by Gasteiger charge is -2.17. The van der Waals surface area contributed by atoms with Gasteiger partial charge in [0.2, 0.25) is 6.79 Å². The highest BCUT2D eigenvalue weighted by atomic mass is 16.7. The third kappa shape index (κ3) is 2.54. The van der Waals surface area contributed by atoms with Gasteiger partial charge in [-0.2, -0.15) is 0 Å². The van der Waals surface area contributed by atoms with Crippen molar-refractivity contribution < 1.29 is 28.5 Å². The lowest BCUT2D eigenvalue weighted by molar-refractivity contribution is 0.0535. The Labute approximate surface area is 167 Å². The van der Waals surface area contributed by atoms with E-state index in [4.69, 9.17) is 23.7 Å². The molecule has 0 saturated carbocycles. The van der Waals surface area contributed by atoms with Crippen LogP contribution in [0.1, 0.15) is 15.9 Å². The van der Waals surface area contributed by atoms with Crippen molar-refractivity contribution in [3.63, 3.8) is 0 Å². The first-order valence-electron chi connectivity index (χ1n) is 9.15. The van der Waals surface area contributed by atoms with Crippen molar-refractivity contribution in [3.05, 3.63) is 41.5 Å². The van der Waals surface area contributed by atoms with E-state index in [0.717, 1.165) is 33.2 Å². The molecule has 2 aliphatic rings. The molecular formula is C22H19NO6. The molecule has 0 bridgehead atoms. The Kier molecular flexibility index (Phi) is 3.91. The summed E-state index contributed by atoms with van der Waals surface area (Å²) in [6.45, 7) is 0.410. The molecule has 5 rings (SSSR count). The fraction of sp³-hybridized carbons (Fsp3) is 0.227. The standard InChI is InChI=1S/C22H19NO6/c1-23-15-8-19-18(28-10-29-19)7-14(15)21-13-6-17(26-3)16(25-2)5-11(13)4-12-9-27-22(24)20(12)21/h4-8,23H,9-10H2,1-3H3. The number of cyclic esters (lactones) is 1. The van der Waals surface area contributed by atoms with Crippen molar-refractivity contribution in [2.45, 2.75) is 6.61 Å². The molecule has 0 spiro atoms. The molecule has 0 aromatic heterocycles. The van der Waals surface area contributed by atoms with Crippen LogP contribution in [0.5, 0.6) is 23.0 Å². The number of methoxy groups -OCH3 is 2. The largest absolute Gasteiger partial charge is 0.493 e. The molecule has 0 aliphatic carbocycles. The molecule has 29 heavy (non-hydrogen) atoms. The first-order chi connectivity index (χ1) is 14.1. The number of anilines is 1. The Morgan fingerprint density at radius 3 is 2.34 bits per heavy atom. The Hall–Kier alpha value is -3.61. The highest BCUT2D eigenvalue weighted by Gasteiger charge is 2.30. The Morgan fingerprint density at radius 1 is 0.897 bits per heavy atom. The number of ether oxygens (including phenoxy) is 5. The number of nitrogens with one attached hydrogen (secondary N) is 1. The predicted molar refractivity (Wildman–Crippen MR) is 107 cm³/mol. The summed E-state index contributed by atoms with van der Waals surface area (Å²) in [6, 6.07) is 9.54. The number of benzene rings is 3. The number of carbonyl (C=O) groups excluding carboxylic acids is 1. The zero-order chi connectivity index (χ0) is 20.1. The van der Waals surface area contributed by atoms with E-state index in [9.17, 15) is 4.79 Å². The first kappa shape index (κ1) is 17.5.